The van der Waals surface area contributed by atoms with E-state index in [4.69, 9.17) is 0 Å². The fraction of sp³-hybridized carbons (Fsp3) is 0.625. The van der Waals surface area contributed by atoms with Crippen molar-refractivity contribution in [3.05, 3.63) is 29.8 Å². The molecule has 0 unspecified atom stereocenters. The van der Waals surface area contributed by atoms with Crippen LogP contribution in [0, 0.1) is 17.8 Å². The number of nitrogens with one attached hydrogen (secondary N) is 1. The molecule has 4 aliphatic carbocycles. The van der Waals surface area contributed by atoms with Crippen molar-refractivity contribution in [1.29, 1.82) is 0 Å². The number of thioether (sulfide) groups is 1. The number of nitrogens with zero attached hydrogens (tertiary/aromatic N) is 3. The molecule has 4 aliphatic rings. The van der Waals surface area contributed by atoms with Crippen LogP contribution in [-0.4, -0.2) is 43.1 Å². The van der Waals surface area contributed by atoms with Gasteiger partial charge in [-0.25, -0.2) is 8.42 Å². The number of carbonyl (C=O) groups is 1. The first-order valence-electron chi connectivity index (χ1n) is 12.1. The lowest BCUT2D eigenvalue weighted by Crippen LogP contribution is -2.48. The van der Waals surface area contributed by atoms with Gasteiger partial charge in [-0.2, -0.15) is 0 Å². The van der Waals surface area contributed by atoms with Crippen LogP contribution in [0.3, 0.4) is 0 Å². The van der Waals surface area contributed by atoms with Gasteiger partial charge in [-0.1, -0.05) is 42.2 Å². The summed E-state index contributed by atoms with van der Waals surface area (Å²) in [7, 11) is -3.63. The van der Waals surface area contributed by atoms with Gasteiger partial charge in [0.2, 0.25) is 21.1 Å². The van der Waals surface area contributed by atoms with Crippen LogP contribution in [0.2, 0.25) is 0 Å². The van der Waals surface area contributed by atoms with Crippen molar-refractivity contribution in [2.45, 2.75) is 61.6 Å². The molecular formula is C24H32N4O3S3. The number of carbonyl (C=O) groups excluding carboxylic acids is 1. The predicted octanol–water partition coefficient (Wildman–Crippen LogP) is 4.91. The number of rotatable bonds is 9. The number of amides is 1. The van der Waals surface area contributed by atoms with E-state index in [1.54, 1.807) is 11.8 Å². The van der Waals surface area contributed by atoms with Gasteiger partial charge in [0, 0.05) is 5.75 Å². The Balaban J connectivity index is 1.29. The van der Waals surface area contributed by atoms with E-state index in [-0.39, 0.29) is 12.0 Å². The first kappa shape index (κ1) is 24.1. The van der Waals surface area contributed by atoms with Crippen molar-refractivity contribution in [3.8, 4) is 0 Å². The molecule has 6 rings (SSSR count). The molecule has 1 aromatic carbocycles. The van der Waals surface area contributed by atoms with E-state index in [0.29, 0.717) is 10.8 Å². The third-order valence-electron chi connectivity index (χ3n) is 7.58. The highest BCUT2D eigenvalue weighted by atomic mass is 32.2. The number of hydrogen-bond donors (Lipinski definition) is 1. The molecule has 0 atom stereocenters. The average molecular weight is 521 g/mol. The highest BCUT2D eigenvalue weighted by Crippen LogP contribution is 2.60. The van der Waals surface area contributed by atoms with Crippen LogP contribution in [0.4, 0.5) is 10.8 Å². The molecule has 34 heavy (non-hydrogen) atoms. The summed E-state index contributed by atoms with van der Waals surface area (Å²) in [4.78, 5) is 12.7. The van der Waals surface area contributed by atoms with E-state index >= 15 is 0 Å². The van der Waals surface area contributed by atoms with Gasteiger partial charge in [0.25, 0.3) is 0 Å². The summed E-state index contributed by atoms with van der Waals surface area (Å²) in [6.45, 7) is 1.79. The maximum absolute atomic E-state index is 12.7. The Morgan fingerprint density at radius 2 is 1.74 bits per heavy atom. The summed E-state index contributed by atoms with van der Waals surface area (Å²) in [5, 5.41) is 11.1. The number of aromatic nitrogens is 2. The standard InChI is InChI=1S/C24H32N4O3S3/c1-3-8-32-23-27-26-22(33-23)25-21(29)15-28(34(2,30)31)20-6-4-19(5-7-20)24-12-16-9-17(13-24)11-18(10-16)14-24/h4-7,16-18H,3,8-15H2,1-2H3,(H,25,26,29). The predicted molar refractivity (Wildman–Crippen MR) is 138 cm³/mol. The molecule has 0 aliphatic heterocycles. The van der Waals surface area contributed by atoms with Crippen molar-refractivity contribution in [2.75, 3.05) is 28.2 Å². The van der Waals surface area contributed by atoms with Gasteiger partial charge in [0.1, 0.15) is 6.54 Å². The van der Waals surface area contributed by atoms with Crippen molar-refractivity contribution < 1.29 is 13.2 Å². The molecule has 7 nitrogen and oxygen atoms in total. The van der Waals surface area contributed by atoms with Crippen molar-refractivity contribution in [1.82, 2.24) is 10.2 Å². The Hall–Kier alpha value is -1.65. The van der Waals surface area contributed by atoms with E-state index in [0.717, 1.165) is 40.5 Å². The molecule has 4 fully saturated rings. The highest BCUT2D eigenvalue weighted by molar-refractivity contribution is 8.01. The first-order valence-corrected chi connectivity index (χ1v) is 15.7. The third kappa shape index (κ3) is 4.99. The molecule has 1 heterocycles. The topological polar surface area (TPSA) is 92.3 Å². The minimum absolute atomic E-state index is 0.256. The quantitative estimate of drug-likeness (QED) is 0.373. The summed E-state index contributed by atoms with van der Waals surface area (Å²) in [5.74, 6) is 3.05. The van der Waals surface area contributed by atoms with Gasteiger partial charge >= 0.3 is 0 Å². The van der Waals surface area contributed by atoms with Crippen LogP contribution in [0.1, 0.15) is 57.4 Å². The largest absolute Gasteiger partial charge is 0.299 e. The summed E-state index contributed by atoms with van der Waals surface area (Å²) in [5.41, 5.74) is 2.10. The Bertz CT molecular complexity index is 1110. The van der Waals surface area contributed by atoms with E-state index in [1.807, 2.05) is 12.1 Å². The van der Waals surface area contributed by atoms with E-state index in [9.17, 15) is 13.2 Å². The zero-order valence-corrected chi connectivity index (χ0v) is 22.1. The number of benzene rings is 1. The monoisotopic (exact) mass is 520 g/mol. The van der Waals surface area contributed by atoms with Crippen molar-refractivity contribution in [3.63, 3.8) is 0 Å². The average Bonchev–Trinajstić information content (AvgIpc) is 3.21. The van der Waals surface area contributed by atoms with Gasteiger partial charge in [0.05, 0.1) is 11.9 Å². The van der Waals surface area contributed by atoms with Crippen LogP contribution >= 0.6 is 23.1 Å². The first-order chi connectivity index (χ1) is 16.2. The molecule has 4 saturated carbocycles. The maximum Gasteiger partial charge on any atom is 0.246 e. The highest BCUT2D eigenvalue weighted by Gasteiger charge is 2.51. The molecule has 4 bridgehead atoms. The molecule has 0 radical (unpaired) electrons. The second-order valence-corrected chi connectivity index (χ2v) is 14.5. The van der Waals surface area contributed by atoms with Crippen LogP contribution in [0.25, 0.3) is 0 Å². The molecule has 2 aromatic rings. The van der Waals surface area contributed by atoms with E-state index in [1.165, 1.54) is 59.7 Å². The molecule has 0 saturated heterocycles. The van der Waals surface area contributed by atoms with Crippen LogP contribution < -0.4 is 9.62 Å². The van der Waals surface area contributed by atoms with Crippen LogP contribution in [0.15, 0.2) is 28.6 Å². The Morgan fingerprint density at radius 1 is 1.12 bits per heavy atom. The molecule has 184 valence electrons. The van der Waals surface area contributed by atoms with Crippen molar-refractivity contribution in [2.24, 2.45) is 17.8 Å². The second-order valence-electron chi connectivity index (χ2n) is 10.3. The van der Waals surface area contributed by atoms with Gasteiger partial charge in [-0.15, -0.1) is 10.2 Å². The van der Waals surface area contributed by atoms with E-state index < -0.39 is 15.9 Å². The second kappa shape index (κ2) is 9.43. The molecular weight excluding hydrogens is 488 g/mol. The van der Waals surface area contributed by atoms with Gasteiger partial charge < -0.3 is 0 Å². The number of sulfonamides is 1. The fourth-order valence-electron chi connectivity index (χ4n) is 6.64. The van der Waals surface area contributed by atoms with Crippen LogP contribution in [0.5, 0.6) is 0 Å². The fourth-order valence-corrected chi connectivity index (χ4v) is 9.19. The summed E-state index contributed by atoms with van der Waals surface area (Å²) in [6.07, 6.45) is 10.1. The Kier molecular flexibility index (Phi) is 6.67. The zero-order valence-electron chi connectivity index (χ0n) is 19.7. The van der Waals surface area contributed by atoms with Crippen molar-refractivity contribution >= 4 is 49.8 Å². The summed E-state index contributed by atoms with van der Waals surface area (Å²) in [6, 6.07) is 7.93. The Morgan fingerprint density at radius 3 is 2.29 bits per heavy atom. The van der Waals surface area contributed by atoms with E-state index in [2.05, 4.69) is 34.6 Å². The van der Waals surface area contributed by atoms with Crippen LogP contribution in [-0.2, 0) is 20.2 Å². The Labute approximate surface area is 210 Å². The van der Waals surface area contributed by atoms with Gasteiger partial charge in [-0.05, 0) is 85.8 Å². The van der Waals surface area contributed by atoms with Gasteiger partial charge in [-0.3, -0.25) is 14.4 Å². The number of anilines is 2. The molecule has 0 spiro atoms. The minimum Gasteiger partial charge on any atom is -0.299 e. The van der Waals surface area contributed by atoms with Gasteiger partial charge in [0.15, 0.2) is 4.34 Å². The number of hydrogen-bond acceptors (Lipinski definition) is 7. The molecule has 1 amide bonds. The third-order valence-corrected chi connectivity index (χ3v) is 10.9. The minimum atomic E-state index is -3.63. The lowest BCUT2D eigenvalue weighted by molar-refractivity contribution is -0.114. The zero-order chi connectivity index (χ0) is 23.9. The lowest BCUT2D eigenvalue weighted by Gasteiger charge is -2.57. The molecule has 1 aromatic heterocycles. The smallest absolute Gasteiger partial charge is 0.246 e. The summed E-state index contributed by atoms with van der Waals surface area (Å²) >= 11 is 2.89. The lowest BCUT2D eigenvalue weighted by atomic mass is 9.48. The maximum atomic E-state index is 12.7. The molecule has 10 heteroatoms. The normalized spacial score (nSPS) is 27.6. The SMILES string of the molecule is CCCSc1nnc(NC(=O)CN(c2ccc(C34CC5CC(CC(C5)C3)C4)cc2)S(C)(=O)=O)s1. The molecule has 1 N–H and O–H groups in total. The summed E-state index contributed by atoms with van der Waals surface area (Å²) < 4.78 is 27.1.